The third-order valence-electron chi connectivity index (χ3n) is 1.95. The molecule has 82 valence electrons. The fourth-order valence-corrected chi connectivity index (χ4v) is 2.06. The van der Waals surface area contributed by atoms with E-state index in [0.29, 0.717) is 10.6 Å². The Balaban J connectivity index is 2.45. The molecule has 3 nitrogen and oxygen atoms in total. The molecule has 2 aromatic rings. The van der Waals surface area contributed by atoms with Gasteiger partial charge in [0, 0.05) is 5.56 Å². The van der Waals surface area contributed by atoms with Crippen molar-refractivity contribution in [1.82, 2.24) is 10.2 Å². The van der Waals surface area contributed by atoms with Gasteiger partial charge in [-0.25, -0.2) is 4.39 Å². The van der Waals surface area contributed by atoms with Crippen molar-refractivity contribution in [3.05, 3.63) is 34.6 Å². The number of nitrogens with zero attached hydrogens (tertiary/aromatic N) is 2. The minimum Gasteiger partial charge on any atom is -0.275 e. The summed E-state index contributed by atoms with van der Waals surface area (Å²) in [5.41, 5.74) is 0.455. The minimum atomic E-state index is -0.808. The lowest BCUT2D eigenvalue weighted by atomic mass is 10.1. The lowest BCUT2D eigenvalue weighted by molar-refractivity contribution is 0.107. The van der Waals surface area contributed by atoms with E-state index in [9.17, 15) is 9.18 Å². The van der Waals surface area contributed by atoms with E-state index < -0.39 is 11.1 Å². The summed E-state index contributed by atoms with van der Waals surface area (Å²) in [7, 11) is 0. The first-order valence-corrected chi connectivity index (χ1v) is 5.57. The van der Waals surface area contributed by atoms with Crippen LogP contribution in [0.15, 0.2) is 18.2 Å². The van der Waals surface area contributed by atoms with Crippen LogP contribution in [0.5, 0.6) is 0 Å². The summed E-state index contributed by atoms with van der Waals surface area (Å²) in [6.45, 7) is 1.81. The number of rotatable bonds is 2. The van der Waals surface area contributed by atoms with Gasteiger partial charge in [-0.3, -0.25) is 4.79 Å². The van der Waals surface area contributed by atoms with E-state index in [1.54, 1.807) is 6.07 Å². The molecule has 0 saturated heterocycles. The van der Waals surface area contributed by atoms with Crippen molar-refractivity contribution in [2.75, 3.05) is 0 Å². The van der Waals surface area contributed by atoms with Crippen molar-refractivity contribution < 1.29 is 9.18 Å². The van der Waals surface area contributed by atoms with Crippen LogP contribution in [0, 0.1) is 12.7 Å². The molecule has 16 heavy (non-hydrogen) atoms. The highest BCUT2D eigenvalue weighted by Gasteiger charge is 2.12. The summed E-state index contributed by atoms with van der Waals surface area (Å²) < 4.78 is 13.4. The topological polar surface area (TPSA) is 42.9 Å². The Bertz CT molecular complexity index is 556. The molecular formula is C10H6ClFN2OS. The number of carbonyl (C=O) groups is 1. The van der Waals surface area contributed by atoms with Crippen LogP contribution in [-0.4, -0.2) is 15.4 Å². The van der Waals surface area contributed by atoms with E-state index in [0.717, 1.165) is 5.01 Å². The van der Waals surface area contributed by atoms with Crippen molar-refractivity contribution in [2.24, 2.45) is 0 Å². The standard InChI is InChI=1S/C10H6ClFN2OS/c1-5-13-14-10(16-5)6-2-3-7(9(11)15)8(12)4-6/h2-4H,1H3. The Hall–Kier alpha value is -1.33. The number of aryl methyl sites for hydroxylation is 1. The van der Waals surface area contributed by atoms with Crippen molar-refractivity contribution in [2.45, 2.75) is 6.92 Å². The molecule has 1 heterocycles. The van der Waals surface area contributed by atoms with Crippen LogP contribution in [-0.2, 0) is 0 Å². The highest BCUT2D eigenvalue weighted by atomic mass is 35.5. The maximum Gasteiger partial charge on any atom is 0.255 e. The average molecular weight is 257 g/mol. The van der Waals surface area contributed by atoms with Gasteiger partial charge in [0.1, 0.15) is 15.8 Å². The molecule has 0 aliphatic rings. The first kappa shape index (κ1) is 11.2. The lowest BCUT2D eigenvalue weighted by Crippen LogP contribution is -1.94. The first-order chi connectivity index (χ1) is 7.58. The maximum atomic E-state index is 13.4. The Labute approximate surface area is 99.9 Å². The number of aromatic nitrogens is 2. The van der Waals surface area contributed by atoms with Crippen LogP contribution < -0.4 is 0 Å². The molecule has 0 bridgehead atoms. The summed E-state index contributed by atoms with van der Waals surface area (Å²) >= 11 is 6.56. The van der Waals surface area contributed by atoms with Gasteiger partial charge < -0.3 is 0 Å². The Morgan fingerprint density at radius 3 is 2.69 bits per heavy atom. The van der Waals surface area contributed by atoms with Gasteiger partial charge in [0.2, 0.25) is 0 Å². The highest BCUT2D eigenvalue weighted by Crippen LogP contribution is 2.25. The zero-order valence-electron chi connectivity index (χ0n) is 8.20. The fraction of sp³-hybridized carbons (Fsp3) is 0.100. The van der Waals surface area contributed by atoms with Crippen LogP contribution in [0.1, 0.15) is 15.4 Å². The van der Waals surface area contributed by atoms with E-state index in [4.69, 9.17) is 11.6 Å². The predicted octanol–water partition coefficient (Wildman–Crippen LogP) is 3.03. The van der Waals surface area contributed by atoms with Gasteiger partial charge in [0.05, 0.1) is 5.56 Å². The van der Waals surface area contributed by atoms with Gasteiger partial charge in [-0.15, -0.1) is 10.2 Å². The van der Waals surface area contributed by atoms with E-state index in [-0.39, 0.29) is 5.56 Å². The molecule has 1 aromatic heterocycles. The highest BCUT2D eigenvalue weighted by molar-refractivity contribution is 7.14. The molecule has 0 aliphatic carbocycles. The van der Waals surface area contributed by atoms with E-state index in [1.807, 2.05) is 6.92 Å². The molecule has 1 aromatic carbocycles. The Morgan fingerprint density at radius 1 is 1.44 bits per heavy atom. The van der Waals surface area contributed by atoms with Crippen LogP contribution in [0.25, 0.3) is 10.6 Å². The lowest BCUT2D eigenvalue weighted by Gasteiger charge is -1.99. The SMILES string of the molecule is Cc1nnc(-c2ccc(C(=O)Cl)c(F)c2)s1. The molecule has 0 unspecified atom stereocenters. The second-order valence-electron chi connectivity index (χ2n) is 3.09. The zero-order valence-corrected chi connectivity index (χ0v) is 9.77. The number of hydrogen-bond donors (Lipinski definition) is 0. The van der Waals surface area contributed by atoms with Gasteiger partial charge in [-0.2, -0.15) is 0 Å². The van der Waals surface area contributed by atoms with E-state index >= 15 is 0 Å². The van der Waals surface area contributed by atoms with Gasteiger partial charge in [0.25, 0.3) is 5.24 Å². The van der Waals surface area contributed by atoms with Crippen molar-refractivity contribution >= 4 is 28.2 Å². The van der Waals surface area contributed by atoms with Gasteiger partial charge >= 0.3 is 0 Å². The van der Waals surface area contributed by atoms with Crippen molar-refractivity contribution in [1.29, 1.82) is 0 Å². The quantitative estimate of drug-likeness (QED) is 0.776. The zero-order chi connectivity index (χ0) is 11.7. The molecule has 0 aliphatic heterocycles. The Kier molecular flexibility index (Phi) is 2.98. The molecule has 0 amide bonds. The molecule has 2 rings (SSSR count). The molecular weight excluding hydrogens is 251 g/mol. The average Bonchev–Trinajstić information content (AvgIpc) is 2.64. The number of benzene rings is 1. The summed E-state index contributed by atoms with van der Waals surface area (Å²) in [6.07, 6.45) is 0. The third-order valence-corrected chi connectivity index (χ3v) is 3.05. The van der Waals surface area contributed by atoms with Gasteiger partial charge in [0.15, 0.2) is 0 Å². The largest absolute Gasteiger partial charge is 0.275 e. The molecule has 6 heteroatoms. The van der Waals surface area contributed by atoms with Crippen LogP contribution in [0.2, 0.25) is 0 Å². The molecule has 0 radical (unpaired) electrons. The number of hydrogen-bond acceptors (Lipinski definition) is 4. The molecule has 0 fully saturated rings. The van der Waals surface area contributed by atoms with Crippen LogP contribution in [0.3, 0.4) is 0 Å². The third kappa shape index (κ3) is 2.10. The molecule has 0 saturated carbocycles. The predicted molar refractivity (Wildman–Crippen MR) is 60.2 cm³/mol. The Morgan fingerprint density at radius 2 is 2.19 bits per heavy atom. The second kappa shape index (κ2) is 4.27. The second-order valence-corrected chi connectivity index (χ2v) is 4.62. The molecule has 0 spiro atoms. The summed E-state index contributed by atoms with van der Waals surface area (Å²) in [5.74, 6) is -0.648. The van der Waals surface area contributed by atoms with E-state index in [1.165, 1.54) is 23.5 Å². The molecule has 0 N–H and O–H groups in total. The van der Waals surface area contributed by atoms with Crippen molar-refractivity contribution in [3.63, 3.8) is 0 Å². The van der Waals surface area contributed by atoms with Crippen molar-refractivity contribution in [3.8, 4) is 10.6 Å². The molecule has 0 atom stereocenters. The smallest absolute Gasteiger partial charge is 0.255 e. The van der Waals surface area contributed by atoms with Gasteiger partial charge in [-0.1, -0.05) is 17.4 Å². The van der Waals surface area contributed by atoms with Crippen LogP contribution in [0.4, 0.5) is 4.39 Å². The monoisotopic (exact) mass is 256 g/mol. The normalized spacial score (nSPS) is 10.4. The number of carbonyl (C=O) groups excluding carboxylic acids is 1. The fourth-order valence-electron chi connectivity index (χ4n) is 1.22. The summed E-state index contributed by atoms with van der Waals surface area (Å²) in [4.78, 5) is 10.8. The van der Waals surface area contributed by atoms with Crippen LogP contribution >= 0.6 is 22.9 Å². The number of halogens is 2. The van der Waals surface area contributed by atoms with Gasteiger partial charge in [-0.05, 0) is 30.7 Å². The maximum absolute atomic E-state index is 13.4. The van der Waals surface area contributed by atoms with E-state index in [2.05, 4.69) is 10.2 Å². The summed E-state index contributed by atoms with van der Waals surface area (Å²) in [5, 5.41) is 8.33. The summed E-state index contributed by atoms with van der Waals surface area (Å²) in [6, 6.07) is 4.17. The minimum absolute atomic E-state index is 0.133. The first-order valence-electron chi connectivity index (χ1n) is 4.38.